The van der Waals surface area contributed by atoms with Crippen LogP contribution in [-0.4, -0.2) is 39.2 Å². The van der Waals surface area contributed by atoms with E-state index in [1.165, 1.54) is 18.2 Å². The number of nitrogens with zero attached hydrogens (tertiary/aromatic N) is 2. The number of non-ortho nitro benzene ring substituents is 1. The largest absolute Gasteiger partial charge is 0.496 e. The number of anilines is 1. The number of carbonyl (C=O) groups excluding carboxylic acids is 1. The van der Waals surface area contributed by atoms with Gasteiger partial charge in [-0.2, -0.15) is 0 Å². The van der Waals surface area contributed by atoms with Crippen molar-refractivity contribution in [1.29, 1.82) is 0 Å². The quantitative estimate of drug-likeness (QED) is 0.347. The molecule has 0 aromatic heterocycles. The van der Waals surface area contributed by atoms with E-state index in [0.29, 0.717) is 5.56 Å². The Kier molecular flexibility index (Phi) is 9.25. The first kappa shape index (κ1) is 28.1. The Morgan fingerprint density at radius 3 is 2.31 bits per heavy atom. The van der Waals surface area contributed by atoms with E-state index in [2.05, 4.69) is 25.2 Å². The second-order valence-corrected chi connectivity index (χ2v) is 11.0. The Labute approximate surface area is 207 Å². The summed E-state index contributed by atoms with van der Waals surface area (Å²) in [6.45, 7) is 9.76. The van der Waals surface area contributed by atoms with Gasteiger partial charge in [-0.1, -0.05) is 19.9 Å². The van der Waals surface area contributed by atoms with E-state index in [0.717, 1.165) is 33.0 Å². The molecule has 0 unspecified atom stereocenters. The molecule has 0 aliphatic heterocycles. The van der Waals surface area contributed by atoms with Gasteiger partial charge in [-0.05, 0) is 67.5 Å². The summed E-state index contributed by atoms with van der Waals surface area (Å²) < 4.78 is 31.5. The first-order valence-electron chi connectivity index (χ1n) is 11.5. The number of sulfonamides is 1. The number of amides is 1. The van der Waals surface area contributed by atoms with E-state index in [9.17, 15) is 23.3 Å². The van der Waals surface area contributed by atoms with E-state index in [1.54, 1.807) is 14.0 Å². The normalized spacial score (nSPS) is 12.3. The Morgan fingerprint density at radius 2 is 1.77 bits per heavy atom. The van der Waals surface area contributed by atoms with Crippen molar-refractivity contribution in [2.45, 2.75) is 59.4 Å². The Hall–Kier alpha value is -3.14. The molecule has 9 nitrogen and oxygen atoms in total. The molecule has 10 heteroatoms. The first-order chi connectivity index (χ1) is 16.3. The summed E-state index contributed by atoms with van der Waals surface area (Å²) >= 11 is 0. The highest BCUT2D eigenvalue weighted by Gasteiger charge is 2.22. The van der Waals surface area contributed by atoms with Gasteiger partial charge in [-0.15, -0.1) is 0 Å². The predicted octanol–water partition coefficient (Wildman–Crippen LogP) is 4.77. The maximum atomic E-state index is 12.7. The monoisotopic (exact) mass is 505 g/mol. The summed E-state index contributed by atoms with van der Waals surface area (Å²) in [6.07, 6.45) is 1.41. The van der Waals surface area contributed by atoms with E-state index >= 15 is 0 Å². The molecule has 1 N–H and O–H groups in total. The molecular formula is C25H35N3O6S. The van der Waals surface area contributed by atoms with Crippen molar-refractivity contribution >= 4 is 27.3 Å². The van der Waals surface area contributed by atoms with Crippen LogP contribution < -0.4 is 14.4 Å². The van der Waals surface area contributed by atoms with Gasteiger partial charge in [0.2, 0.25) is 15.9 Å². The number of aryl methyl sites for hydroxylation is 2. The lowest BCUT2D eigenvalue weighted by Crippen LogP contribution is -2.33. The van der Waals surface area contributed by atoms with Crippen LogP contribution in [0, 0.1) is 24.0 Å². The number of benzene rings is 2. The van der Waals surface area contributed by atoms with Crippen LogP contribution >= 0.6 is 0 Å². The van der Waals surface area contributed by atoms with Crippen molar-refractivity contribution < 1.29 is 22.9 Å². The number of hydrogen-bond donors (Lipinski definition) is 1. The fraction of sp³-hybridized carbons (Fsp3) is 0.480. The number of carbonyl (C=O) groups is 1. The van der Waals surface area contributed by atoms with Crippen LogP contribution in [-0.2, 0) is 14.8 Å². The van der Waals surface area contributed by atoms with Gasteiger partial charge >= 0.3 is 0 Å². The minimum atomic E-state index is -3.70. The fourth-order valence-electron chi connectivity index (χ4n) is 4.03. The molecule has 0 aliphatic carbocycles. The Balaban J connectivity index is 2.11. The highest BCUT2D eigenvalue weighted by Crippen LogP contribution is 2.32. The lowest BCUT2D eigenvalue weighted by Gasteiger charge is -2.24. The second-order valence-electron chi connectivity index (χ2n) is 9.06. The minimum absolute atomic E-state index is 0.0295. The summed E-state index contributed by atoms with van der Waals surface area (Å²) in [5, 5.41) is 14.1. The lowest BCUT2D eigenvalue weighted by molar-refractivity contribution is -0.384. The average molecular weight is 506 g/mol. The summed E-state index contributed by atoms with van der Waals surface area (Å²) in [5.41, 5.74) is 3.70. The molecule has 0 saturated carbocycles. The number of ether oxygens (including phenoxy) is 1. The maximum Gasteiger partial charge on any atom is 0.271 e. The highest BCUT2D eigenvalue weighted by atomic mass is 32.2. The van der Waals surface area contributed by atoms with Gasteiger partial charge in [-0.3, -0.25) is 19.2 Å². The summed E-state index contributed by atoms with van der Waals surface area (Å²) in [6, 6.07) is 7.88. The molecule has 2 rings (SSSR count). The van der Waals surface area contributed by atoms with Gasteiger partial charge in [0.15, 0.2) is 0 Å². The van der Waals surface area contributed by atoms with Crippen LogP contribution in [0.3, 0.4) is 0 Å². The van der Waals surface area contributed by atoms with Crippen molar-refractivity contribution in [1.82, 2.24) is 5.32 Å². The SMILES string of the molecule is COc1cc(C)c([C@H](C)NC(=O)CCCN(c2cc([N+](=O)[O-])ccc2C)S(C)(=O)=O)cc1C(C)C. The van der Waals surface area contributed by atoms with Crippen molar-refractivity contribution in [3.63, 3.8) is 0 Å². The zero-order valence-corrected chi connectivity index (χ0v) is 22.2. The van der Waals surface area contributed by atoms with Crippen molar-refractivity contribution in [3.05, 3.63) is 62.7 Å². The van der Waals surface area contributed by atoms with Gasteiger partial charge < -0.3 is 10.1 Å². The van der Waals surface area contributed by atoms with Crippen LogP contribution in [0.4, 0.5) is 11.4 Å². The first-order valence-corrected chi connectivity index (χ1v) is 13.3. The number of hydrogen-bond acceptors (Lipinski definition) is 6. The van der Waals surface area contributed by atoms with Gasteiger partial charge in [0.1, 0.15) is 5.75 Å². The molecule has 2 aromatic rings. The summed E-state index contributed by atoms with van der Waals surface area (Å²) in [4.78, 5) is 23.3. The zero-order valence-electron chi connectivity index (χ0n) is 21.4. The fourth-order valence-corrected chi connectivity index (χ4v) is 5.04. The van der Waals surface area contributed by atoms with E-state index in [4.69, 9.17) is 4.74 Å². The number of nitro benzene ring substituents is 1. The molecule has 1 atom stereocenters. The number of methoxy groups -OCH3 is 1. The van der Waals surface area contributed by atoms with Gasteiger partial charge in [0, 0.05) is 25.1 Å². The van der Waals surface area contributed by atoms with Crippen LogP contribution in [0.25, 0.3) is 0 Å². The number of nitro groups is 1. The maximum absolute atomic E-state index is 12.7. The van der Waals surface area contributed by atoms with Crippen LogP contribution in [0.2, 0.25) is 0 Å². The van der Waals surface area contributed by atoms with Crippen molar-refractivity contribution in [3.8, 4) is 5.75 Å². The molecule has 0 bridgehead atoms. The Bertz CT molecular complexity index is 1190. The third kappa shape index (κ3) is 7.17. The molecule has 0 spiro atoms. The van der Waals surface area contributed by atoms with E-state index in [1.807, 2.05) is 19.9 Å². The zero-order chi connectivity index (χ0) is 26.5. The number of nitrogens with one attached hydrogen (secondary N) is 1. The highest BCUT2D eigenvalue weighted by molar-refractivity contribution is 7.92. The lowest BCUT2D eigenvalue weighted by atomic mass is 9.93. The smallest absolute Gasteiger partial charge is 0.271 e. The predicted molar refractivity (Wildman–Crippen MR) is 138 cm³/mol. The van der Waals surface area contributed by atoms with Crippen LogP contribution in [0.15, 0.2) is 30.3 Å². The molecule has 0 fully saturated rings. The topological polar surface area (TPSA) is 119 Å². The molecule has 0 aliphatic rings. The molecule has 0 radical (unpaired) electrons. The Morgan fingerprint density at radius 1 is 1.11 bits per heavy atom. The molecule has 192 valence electrons. The average Bonchev–Trinajstić information content (AvgIpc) is 2.75. The standard InChI is InChI=1S/C25H35N3O6S/c1-16(2)21-15-22(18(4)13-24(21)34-6)19(5)26-25(29)9-8-12-27(35(7,32)33)23-14-20(28(30)31)11-10-17(23)3/h10-11,13-16,19H,8-9,12H2,1-7H3,(H,26,29)/t19-/m0/s1. The third-order valence-corrected chi connectivity index (χ3v) is 7.10. The van der Waals surface area contributed by atoms with E-state index in [-0.39, 0.29) is 48.6 Å². The molecule has 35 heavy (non-hydrogen) atoms. The molecule has 2 aromatic carbocycles. The number of rotatable bonds is 11. The molecule has 1 amide bonds. The van der Waals surface area contributed by atoms with Gasteiger partial charge in [0.05, 0.1) is 30.0 Å². The summed E-state index contributed by atoms with van der Waals surface area (Å²) in [7, 11) is -2.07. The van der Waals surface area contributed by atoms with Crippen LogP contribution in [0.5, 0.6) is 5.75 Å². The third-order valence-electron chi connectivity index (χ3n) is 5.92. The molecule has 0 saturated heterocycles. The molecule has 0 heterocycles. The second kappa shape index (κ2) is 11.5. The van der Waals surface area contributed by atoms with Gasteiger partial charge in [-0.25, -0.2) is 8.42 Å². The molecular weight excluding hydrogens is 470 g/mol. The van der Waals surface area contributed by atoms with Gasteiger partial charge in [0.25, 0.3) is 5.69 Å². The van der Waals surface area contributed by atoms with E-state index < -0.39 is 14.9 Å². The van der Waals surface area contributed by atoms with Crippen LogP contribution in [0.1, 0.15) is 67.8 Å². The van der Waals surface area contributed by atoms with Crippen molar-refractivity contribution in [2.24, 2.45) is 0 Å². The van der Waals surface area contributed by atoms with Crippen molar-refractivity contribution in [2.75, 3.05) is 24.2 Å². The summed E-state index contributed by atoms with van der Waals surface area (Å²) in [5.74, 6) is 0.867. The minimum Gasteiger partial charge on any atom is -0.496 e.